The van der Waals surface area contributed by atoms with E-state index in [0.717, 1.165) is 0 Å². The number of aliphatic carboxylic acids is 1. The third-order valence-electron chi connectivity index (χ3n) is 5.39. The van der Waals surface area contributed by atoms with Gasteiger partial charge >= 0.3 is 23.9 Å². The Balaban J connectivity index is 3.30. The van der Waals surface area contributed by atoms with Crippen LogP contribution in [0.4, 0.5) is 0 Å². The molecule has 0 aromatic heterocycles. The van der Waals surface area contributed by atoms with Crippen LogP contribution >= 0.6 is 0 Å². The van der Waals surface area contributed by atoms with E-state index in [1.807, 2.05) is 20.8 Å². The molecule has 4 atom stereocenters. The number of carboxylic acids is 1. The number of benzene rings is 1. The van der Waals surface area contributed by atoms with Crippen molar-refractivity contribution in [3.63, 3.8) is 0 Å². The lowest BCUT2D eigenvalue weighted by molar-refractivity contribution is -0.153. The molecular formula is C25H37NO8. The highest BCUT2D eigenvalue weighted by atomic mass is 16.6. The topological polar surface area (TPSA) is 142 Å². The maximum atomic E-state index is 12.2. The molecule has 1 rings (SSSR count). The van der Waals surface area contributed by atoms with Crippen LogP contribution in [0.1, 0.15) is 84.6 Å². The van der Waals surface area contributed by atoms with E-state index < -0.39 is 36.0 Å². The summed E-state index contributed by atoms with van der Waals surface area (Å²) in [7, 11) is 0. The summed E-state index contributed by atoms with van der Waals surface area (Å²) in [6, 6.07) is 3.17. The van der Waals surface area contributed by atoms with Crippen molar-refractivity contribution >= 4 is 23.9 Å². The molecule has 0 saturated carbocycles. The molecule has 1 aromatic rings. The molecule has 3 unspecified atom stereocenters. The first-order valence-electron chi connectivity index (χ1n) is 11.8. The summed E-state index contributed by atoms with van der Waals surface area (Å²) in [5.74, 6) is -3.57. The highest BCUT2D eigenvalue weighted by molar-refractivity contribution is 5.77. The molecule has 9 heteroatoms. The maximum absolute atomic E-state index is 12.2. The van der Waals surface area contributed by atoms with Gasteiger partial charge in [-0.05, 0) is 50.3 Å². The Morgan fingerprint density at radius 3 is 2.00 bits per heavy atom. The molecule has 3 N–H and O–H groups in total. The van der Waals surface area contributed by atoms with Crippen LogP contribution in [0.5, 0.6) is 11.5 Å². The lowest BCUT2D eigenvalue weighted by atomic mass is 9.87. The van der Waals surface area contributed by atoms with Gasteiger partial charge in [-0.2, -0.15) is 0 Å². The van der Waals surface area contributed by atoms with E-state index >= 15 is 0 Å². The van der Waals surface area contributed by atoms with Crippen molar-refractivity contribution in [1.29, 1.82) is 0 Å². The molecule has 0 aliphatic heterocycles. The van der Waals surface area contributed by atoms with Gasteiger partial charge in [-0.1, -0.05) is 33.8 Å². The lowest BCUT2D eigenvalue weighted by Crippen LogP contribution is -2.38. The fourth-order valence-electron chi connectivity index (χ4n) is 3.22. The van der Waals surface area contributed by atoms with Crippen molar-refractivity contribution in [2.24, 2.45) is 11.7 Å². The van der Waals surface area contributed by atoms with Crippen LogP contribution in [-0.4, -0.2) is 41.1 Å². The van der Waals surface area contributed by atoms with E-state index in [0.29, 0.717) is 24.8 Å². The lowest BCUT2D eigenvalue weighted by Gasteiger charge is -2.26. The van der Waals surface area contributed by atoms with Gasteiger partial charge in [0.2, 0.25) is 0 Å². The van der Waals surface area contributed by atoms with Crippen molar-refractivity contribution in [3.05, 3.63) is 23.8 Å². The number of carbonyl (C=O) groups is 4. The van der Waals surface area contributed by atoms with Gasteiger partial charge in [0.05, 0.1) is 12.0 Å². The second-order valence-electron chi connectivity index (χ2n) is 8.42. The average molecular weight is 480 g/mol. The maximum Gasteiger partial charge on any atom is 0.321 e. The summed E-state index contributed by atoms with van der Waals surface area (Å²) in [5.41, 5.74) is 6.44. The van der Waals surface area contributed by atoms with Gasteiger partial charge in [0.25, 0.3) is 0 Å². The fraction of sp³-hybridized carbons (Fsp3) is 0.600. The van der Waals surface area contributed by atoms with Crippen molar-refractivity contribution in [3.8, 4) is 11.5 Å². The van der Waals surface area contributed by atoms with Crippen LogP contribution in [0, 0.1) is 5.92 Å². The van der Waals surface area contributed by atoms with Gasteiger partial charge in [0.15, 0.2) is 11.5 Å². The van der Waals surface area contributed by atoms with Crippen LogP contribution in [-0.2, 0) is 23.9 Å². The number of carboxylic acid groups (broad SMARTS) is 1. The zero-order chi connectivity index (χ0) is 25.8. The molecule has 0 spiro atoms. The predicted molar refractivity (Wildman–Crippen MR) is 126 cm³/mol. The number of hydrogen-bond donors (Lipinski definition) is 2. The van der Waals surface area contributed by atoms with Crippen molar-refractivity contribution in [1.82, 2.24) is 0 Å². The first-order chi connectivity index (χ1) is 16.0. The number of hydrogen-bond acceptors (Lipinski definition) is 8. The Kier molecular flexibility index (Phi) is 12.3. The second kappa shape index (κ2) is 14.3. The Morgan fingerprint density at radius 2 is 1.50 bits per heavy atom. The van der Waals surface area contributed by atoms with Gasteiger partial charge in [-0.25, -0.2) is 0 Å². The molecular weight excluding hydrogens is 442 g/mol. The van der Waals surface area contributed by atoms with Crippen LogP contribution in [0.15, 0.2) is 18.2 Å². The molecule has 0 aliphatic carbocycles. The highest BCUT2D eigenvalue weighted by Gasteiger charge is 2.30. The van der Waals surface area contributed by atoms with E-state index in [9.17, 15) is 24.3 Å². The van der Waals surface area contributed by atoms with Crippen LogP contribution in [0.2, 0.25) is 0 Å². The molecule has 1 aromatic carbocycles. The predicted octanol–water partition coefficient (Wildman–Crippen LogP) is 3.96. The van der Waals surface area contributed by atoms with Crippen molar-refractivity contribution in [2.45, 2.75) is 91.2 Å². The number of carbonyl (C=O) groups excluding carboxylic acids is 3. The minimum atomic E-state index is -1.31. The molecule has 0 fully saturated rings. The van der Waals surface area contributed by atoms with E-state index in [4.69, 9.17) is 19.9 Å². The first-order valence-corrected chi connectivity index (χ1v) is 11.8. The van der Waals surface area contributed by atoms with Gasteiger partial charge in [-0.15, -0.1) is 0 Å². The SMILES string of the molecule is CCCC(=O)Oc1ccc(C(CC(C)OC(=O)C(C)CC)[C@H](N)C(=O)O)cc1OC(=O)CCC. The van der Waals surface area contributed by atoms with Gasteiger partial charge in [0, 0.05) is 18.8 Å². The first kappa shape index (κ1) is 29.1. The highest BCUT2D eigenvalue weighted by Crippen LogP contribution is 2.35. The van der Waals surface area contributed by atoms with Crippen molar-refractivity contribution < 1.29 is 38.5 Å². The summed E-state index contributed by atoms with van der Waals surface area (Å²) >= 11 is 0. The van der Waals surface area contributed by atoms with Crippen LogP contribution in [0.3, 0.4) is 0 Å². The summed E-state index contributed by atoms with van der Waals surface area (Å²) < 4.78 is 16.2. The number of ether oxygens (including phenoxy) is 3. The second-order valence-corrected chi connectivity index (χ2v) is 8.42. The van der Waals surface area contributed by atoms with Crippen LogP contribution < -0.4 is 15.2 Å². The smallest absolute Gasteiger partial charge is 0.321 e. The molecule has 0 saturated heterocycles. The van der Waals surface area contributed by atoms with Gasteiger partial charge in [-0.3, -0.25) is 19.2 Å². The zero-order valence-electron chi connectivity index (χ0n) is 20.7. The largest absolute Gasteiger partial charge is 0.480 e. The fourth-order valence-corrected chi connectivity index (χ4v) is 3.22. The third-order valence-corrected chi connectivity index (χ3v) is 5.39. The van der Waals surface area contributed by atoms with Crippen molar-refractivity contribution in [2.75, 3.05) is 0 Å². The quantitative estimate of drug-likeness (QED) is 0.299. The van der Waals surface area contributed by atoms with E-state index in [1.54, 1.807) is 19.9 Å². The summed E-state index contributed by atoms with van der Waals surface area (Å²) in [5, 5.41) is 9.56. The summed E-state index contributed by atoms with van der Waals surface area (Å²) in [6.07, 6.45) is 1.65. The molecule has 0 radical (unpaired) electrons. The number of nitrogens with two attached hydrogens (primary N) is 1. The number of rotatable bonds is 14. The van der Waals surface area contributed by atoms with E-state index in [-0.39, 0.29) is 42.6 Å². The molecule has 0 aliphatic rings. The van der Waals surface area contributed by atoms with E-state index in [1.165, 1.54) is 12.1 Å². The van der Waals surface area contributed by atoms with Gasteiger partial charge < -0.3 is 25.1 Å². The van der Waals surface area contributed by atoms with E-state index in [2.05, 4.69) is 0 Å². The Hall–Kier alpha value is -2.94. The molecule has 9 nitrogen and oxygen atoms in total. The number of esters is 3. The molecule has 34 heavy (non-hydrogen) atoms. The Labute approximate surface area is 200 Å². The molecule has 0 heterocycles. The zero-order valence-corrected chi connectivity index (χ0v) is 20.7. The third kappa shape index (κ3) is 9.13. The Bertz CT molecular complexity index is 853. The Morgan fingerprint density at radius 1 is 0.941 bits per heavy atom. The molecule has 0 bridgehead atoms. The summed E-state index contributed by atoms with van der Waals surface area (Å²) in [4.78, 5) is 48.0. The minimum Gasteiger partial charge on any atom is -0.480 e. The standard InChI is InChI=1S/C25H37NO8/c1-6-9-21(27)33-19-12-11-17(14-20(19)34-22(28)10-7-2)18(23(26)24(29)30)13-16(5)32-25(31)15(4)8-3/h11-12,14-16,18,23H,6-10,13,26H2,1-5H3,(H,29,30)/t15?,16?,18?,23-/m0/s1. The molecule has 190 valence electrons. The molecule has 0 amide bonds. The van der Waals surface area contributed by atoms with Crippen LogP contribution in [0.25, 0.3) is 0 Å². The minimum absolute atomic E-state index is 0.00671. The normalized spacial score (nSPS) is 14.4. The monoisotopic (exact) mass is 479 g/mol. The summed E-state index contributed by atoms with van der Waals surface area (Å²) in [6.45, 7) is 8.95. The van der Waals surface area contributed by atoms with Gasteiger partial charge in [0.1, 0.15) is 6.04 Å². The average Bonchev–Trinajstić information content (AvgIpc) is 2.77.